The third-order valence-electron chi connectivity index (χ3n) is 3.64. The molecule has 0 aliphatic heterocycles. The van der Waals surface area contributed by atoms with E-state index in [2.05, 4.69) is 5.32 Å². The average Bonchev–Trinajstić information content (AvgIpc) is 2.60. The number of hydrogen-bond donors (Lipinski definition) is 1. The van der Waals surface area contributed by atoms with E-state index >= 15 is 0 Å². The average molecular weight is 381 g/mol. The van der Waals surface area contributed by atoms with Crippen LogP contribution < -0.4 is 5.32 Å². The molecule has 26 heavy (non-hydrogen) atoms. The minimum atomic E-state index is -4.42. The number of carbonyl (C=O) groups excluding carboxylic acids is 2. The summed E-state index contributed by atoms with van der Waals surface area (Å²) >= 11 is 0.995. The molecular formula is C19H18F3NO2S. The molecule has 2 aromatic carbocycles. The summed E-state index contributed by atoms with van der Waals surface area (Å²) in [5.41, 5.74) is 0.159. The zero-order valence-electron chi connectivity index (χ0n) is 14.0. The van der Waals surface area contributed by atoms with Crippen LogP contribution in [0.25, 0.3) is 0 Å². The summed E-state index contributed by atoms with van der Waals surface area (Å²) in [6.07, 6.45) is -4.05. The lowest BCUT2D eigenvalue weighted by Gasteiger charge is -2.16. The van der Waals surface area contributed by atoms with Crippen molar-refractivity contribution in [1.29, 1.82) is 0 Å². The highest BCUT2D eigenvalue weighted by Crippen LogP contribution is 2.31. The molecule has 1 N–H and O–H groups in total. The number of ketones is 1. The Balaban J connectivity index is 1.93. The smallest absolute Gasteiger partial charge is 0.345 e. The van der Waals surface area contributed by atoms with Gasteiger partial charge in [-0.3, -0.25) is 9.59 Å². The fourth-order valence-electron chi connectivity index (χ4n) is 2.29. The lowest BCUT2D eigenvalue weighted by Crippen LogP contribution is -2.42. The number of alkyl halides is 3. The van der Waals surface area contributed by atoms with Gasteiger partial charge in [0.1, 0.15) is 0 Å². The van der Waals surface area contributed by atoms with E-state index in [0.29, 0.717) is 11.3 Å². The van der Waals surface area contributed by atoms with Crippen molar-refractivity contribution in [1.82, 2.24) is 5.32 Å². The molecule has 0 saturated heterocycles. The molecule has 0 spiro atoms. The van der Waals surface area contributed by atoms with Crippen LogP contribution in [0.15, 0.2) is 59.5 Å². The van der Waals surface area contributed by atoms with E-state index in [0.717, 1.165) is 29.5 Å². The second kappa shape index (κ2) is 8.89. The van der Waals surface area contributed by atoms with Crippen LogP contribution in [0.1, 0.15) is 18.1 Å². The van der Waals surface area contributed by atoms with Crippen molar-refractivity contribution in [3.05, 3.63) is 65.7 Å². The Hall–Kier alpha value is -2.28. The van der Waals surface area contributed by atoms with Crippen LogP contribution in [0, 0.1) is 0 Å². The first-order chi connectivity index (χ1) is 12.3. The van der Waals surface area contributed by atoms with Crippen LogP contribution >= 0.6 is 11.8 Å². The Morgan fingerprint density at radius 3 is 2.38 bits per heavy atom. The van der Waals surface area contributed by atoms with E-state index in [9.17, 15) is 22.8 Å². The van der Waals surface area contributed by atoms with Crippen molar-refractivity contribution in [3.63, 3.8) is 0 Å². The summed E-state index contributed by atoms with van der Waals surface area (Å²) in [5, 5.41) is 2.65. The predicted octanol–water partition coefficient (Wildman–Crippen LogP) is 4.11. The van der Waals surface area contributed by atoms with E-state index in [1.807, 2.05) is 30.3 Å². The first-order valence-corrected chi connectivity index (χ1v) is 8.88. The van der Waals surface area contributed by atoms with Gasteiger partial charge in [-0.15, -0.1) is 11.8 Å². The molecule has 0 radical (unpaired) electrons. The zero-order valence-corrected chi connectivity index (χ0v) is 14.9. The Labute approximate surface area is 154 Å². The summed E-state index contributed by atoms with van der Waals surface area (Å²) in [4.78, 5) is 24.2. The van der Waals surface area contributed by atoms with Gasteiger partial charge in [-0.05, 0) is 37.1 Å². The summed E-state index contributed by atoms with van der Waals surface area (Å²) in [5.74, 6) is -0.644. The van der Waals surface area contributed by atoms with E-state index in [4.69, 9.17) is 0 Å². The SMILES string of the molecule is CC(=O)[C@@H](Cc1ccccc1)NC(=O)CSc1cccc(C(F)(F)F)c1. The molecule has 0 aliphatic rings. The number of rotatable bonds is 7. The molecule has 0 fully saturated rings. The minimum Gasteiger partial charge on any atom is -0.345 e. The van der Waals surface area contributed by atoms with Gasteiger partial charge in [0, 0.05) is 4.90 Å². The summed E-state index contributed by atoms with van der Waals surface area (Å²) in [6.45, 7) is 1.40. The lowest BCUT2D eigenvalue weighted by molar-refractivity contribution is -0.137. The highest BCUT2D eigenvalue weighted by Gasteiger charge is 2.30. The molecule has 0 heterocycles. The monoisotopic (exact) mass is 381 g/mol. The first kappa shape index (κ1) is 20.0. The number of halogens is 3. The second-order valence-electron chi connectivity index (χ2n) is 5.73. The van der Waals surface area contributed by atoms with Crippen LogP contribution in [-0.4, -0.2) is 23.5 Å². The fraction of sp³-hybridized carbons (Fsp3) is 0.263. The van der Waals surface area contributed by atoms with Crippen molar-refractivity contribution in [3.8, 4) is 0 Å². The molecule has 1 atom stereocenters. The van der Waals surface area contributed by atoms with Gasteiger partial charge in [0.25, 0.3) is 0 Å². The van der Waals surface area contributed by atoms with Crippen LogP contribution in [0.3, 0.4) is 0 Å². The van der Waals surface area contributed by atoms with Crippen LogP contribution in [0.5, 0.6) is 0 Å². The van der Waals surface area contributed by atoms with Gasteiger partial charge in [-0.2, -0.15) is 13.2 Å². The van der Waals surface area contributed by atoms with Gasteiger partial charge in [-0.25, -0.2) is 0 Å². The third-order valence-corrected chi connectivity index (χ3v) is 4.63. The van der Waals surface area contributed by atoms with Crippen LogP contribution in [-0.2, 0) is 22.2 Å². The standard InChI is InChI=1S/C19H18F3NO2S/c1-13(24)17(10-14-6-3-2-4-7-14)23-18(25)12-26-16-9-5-8-15(11-16)19(20,21)22/h2-9,11,17H,10,12H2,1H3,(H,23,25)/t17-/m1/s1. The topological polar surface area (TPSA) is 46.2 Å². The molecule has 0 bridgehead atoms. The van der Waals surface area contributed by atoms with Crippen molar-refractivity contribution in [2.24, 2.45) is 0 Å². The van der Waals surface area contributed by atoms with Crippen molar-refractivity contribution in [2.75, 3.05) is 5.75 Å². The number of amides is 1. The Kier molecular flexibility index (Phi) is 6.85. The van der Waals surface area contributed by atoms with E-state index < -0.39 is 23.7 Å². The number of carbonyl (C=O) groups is 2. The zero-order chi connectivity index (χ0) is 19.2. The Morgan fingerprint density at radius 1 is 1.08 bits per heavy atom. The van der Waals surface area contributed by atoms with Gasteiger partial charge >= 0.3 is 6.18 Å². The number of thioether (sulfide) groups is 1. The van der Waals surface area contributed by atoms with Gasteiger partial charge in [0.15, 0.2) is 5.78 Å². The van der Waals surface area contributed by atoms with Gasteiger partial charge < -0.3 is 5.32 Å². The minimum absolute atomic E-state index is 0.0696. The number of nitrogens with one attached hydrogen (secondary N) is 1. The molecule has 0 saturated carbocycles. The maximum absolute atomic E-state index is 12.7. The summed E-state index contributed by atoms with van der Waals surface area (Å²) in [6, 6.07) is 13.4. The Morgan fingerprint density at radius 2 is 1.77 bits per heavy atom. The van der Waals surface area contributed by atoms with Gasteiger partial charge in [-0.1, -0.05) is 36.4 Å². The molecule has 2 aromatic rings. The molecule has 0 aliphatic carbocycles. The predicted molar refractivity (Wildman–Crippen MR) is 94.9 cm³/mol. The summed E-state index contributed by atoms with van der Waals surface area (Å²) in [7, 11) is 0. The molecule has 0 unspecified atom stereocenters. The second-order valence-corrected chi connectivity index (χ2v) is 6.78. The maximum atomic E-state index is 12.7. The number of Topliss-reactive ketones (excluding diaryl/α,β-unsaturated/α-hetero) is 1. The van der Waals surface area contributed by atoms with Gasteiger partial charge in [0.2, 0.25) is 5.91 Å². The lowest BCUT2D eigenvalue weighted by atomic mass is 10.0. The molecule has 138 valence electrons. The van der Waals surface area contributed by atoms with Gasteiger partial charge in [0.05, 0.1) is 17.4 Å². The Bertz CT molecular complexity index is 763. The highest BCUT2D eigenvalue weighted by molar-refractivity contribution is 8.00. The number of hydrogen-bond acceptors (Lipinski definition) is 3. The van der Waals surface area contributed by atoms with Crippen LogP contribution in [0.4, 0.5) is 13.2 Å². The van der Waals surface area contributed by atoms with Crippen molar-refractivity contribution < 1.29 is 22.8 Å². The quantitative estimate of drug-likeness (QED) is 0.734. The van der Waals surface area contributed by atoms with Crippen molar-refractivity contribution in [2.45, 2.75) is 30.5 Å². The van der Waals surface area contributed by atoms with E-state index in [-0.39, 0.29) is 11.5 Å². The van der Waals surface area contributed by atoms with Crippen LogP contribution in [0.2, 0.25) is 0 Å². The molecular weight excluding hydrogens is 363 g/mol. The molecule has 0 aromatic heterocycles. The maximum Gasteiger partial charge on any atom is 0.416 e. The van der Waals surface area contributed by atoms with Crippen molar-refractivity contribution >= 4 is 23.5 Å². The first-order valence-electron chi connectivity index (χ1n) is 7.89. The molecule has 3 nitrogen and oxygen atoms in total. The molecule has 2 rings (SSSR count). The number of benzene rings is 2. The highest BCUT2D eigenvalue weighted by atomic mass is 32.2. The van der Waals surface area contributed by atoms with E-state index in [1.54, 1.807) is 0 Å². The summed E-state index contributed by atoms with van der Waals surface area (Å²) < 4.78 is 38.1. The molecule has 1 amide bonds. The van der Waals surface area contributed by atoms with E-state index in [1.165, 1.54) is 19.1 Å². The third kappa shape index (κ3) is 6.22. The molecule has 7 heteroatoms. The normalized spacial score (nSPS) is 12.5. The fourth-order valence-corrected chi connectivity index (χ4v) is 3.06. The largest absolute Gasteiger partial charge is 0.416 e.